The Morgan fingerprint density at radius 1 is 1.33 bits per heavy atom. The number of alkyl halides is 3. The summed E-state index contributed by atoms with van der Waals surface area (Å²) in [5.41, 5.74) is 0. The Kier molecular flexibility index (Phi) is 4.59. The number of hydrogen-bond donors (Lipinski definition) is 1. The minimum Gasteiger partial charge on any atom is -0.481 e. The highest BCUT2D eigenvalue weighted by Gasteiger charge is 2.40. The van der Waals surface area contributed by atoms with Gasteiger partial charge in [-0.3, -0.25) is 9.59 Å². The van der Waals surface area contributed by atoms with Gasteiger partial charge in [-0.25, -0.2) is 0 Å². The summed E-state index contributed by atoms with van der Waals surface area (Å²) in [7, 11) is 0. The Hall–Kier alpha value is -1.27. The van der Waals surface area contributed by atoms with Crippen LogP contribution in [-0.2, 0) is 9.59 Å². The van der Waals surface area contributed by atoms with E-state index in [-0.39, 0.29) is 18.9 Å². The van der Waals surface area contributed by atoms with Gasteiger partial charge in [0.05, 0.1) is 0 Å². The third-order valence-corrected chi connectivity index (χ3v) is 2.70. The third-order valence-electron chi connectivity index (χ3n) is 2.70. The molecule has 4 nitrogen and oxygen atoms in total. The van der Waals surface area contributed by atoms with E-state index in [0.717, 1.165) is 4.90 Å². The number of hydrogen-bond acceptors (Lipinski definition) is 2. The lowest BCUT2D eigenvalue weighted by Gasteiger charge is -2.24. The van der Waals surface area contributed by atoms with Crippen LogP contribution in [0.4, 0.5) is 13.2 Å². The average Bonchev–Trinajstić information content (AvgIpc) is 2.93. The molecule has 0 saturated heterocycles. The molecule has 0 bridgehead atoms. The summed E-state index contributed by atoms with van der Waals surface area (Å²) < 4.78 is 36.9. The standard InChI is InChI=1S/C11H16F3NO3/c1-7(5-10(17)18)4-9(16)15(8-2-3-8)6-11(12,13)14/h7-8H,2-6H2,1H3,(H,17,18). The maximum Gasteiger partial charge on any atom is 0.406 e. The lowest BCUT2D eigenvalue weighted by Crippen LogP contribution is -2.41. The van der Waals surface area contributed by atoms with Crippen molar-refractivity contribution in [2.45, 2.75) is 44.8 Å². The van der Waals surface area contributed by atoms with Gasteiger partial charge in [-0.1, -0.05) is 6.92 Å². The molecule has 1 atom stereocenters. The quantitative estimate of drug-likeness (QED) is 0.801. The molecule has 18 heavy (non-hydrogen) atoms. The summed E-state index contributed by atoms with van der Waals surface area (Å²) in [5.74, 6) is -2.11. The summed E-state index contributed by atoms with van der Waals surface area (Å²) in [6, 6.07) is -0.323. The predicted molar refractivity (Wildman–Crippen MR) is 56.8 cm³/mol. The van der Waals surface area contributed by atoms with Gasteiger partial charge in [0, 0.05) is 18.9 Å². The van der Waals surface area contributed by atoms with Crippen molar-refractivity contribution in [1.29, 1.82) is 0 Å². The smallest absolute Gasteiger partial charge is 0.406 e. The maximum absolute atomic E-state index is 12.3. The SMILES string of the molecule is CC(CC(=O)O)CC(=O)N(CC(F)(F)F)C1CC1. The van der Waals surface area contributed by atoms with E-state index in [1.807, 2.05) is 0 Å². The Morgan fingerprint density at radius 3 is 2.28 bits per heavy atom. The van der Waals surface area contributed by atoms with Gasteiger partial charge in [-0.15, -0.1) is 0 Å². The van der Waals surface area contributed by atoms with Gasteiger partial charge < -0.3 is 10.0 Å². The Bertz CT molecular complexity index is 326. The Morgan fingerprint density at radius 2 is 1.89 bits per heavy atom. The first-order valence-corrected chi connectivity index (χ1v) is 5.77. The highest BCUT2D eigenvalue weighted by molar-refractivity contribution is 5.78. The highest BCUT2D eigenvalue weighted by atomic mass is 19.4. The molecular formula is C11H16F3NO3. The molecule has 0 heterocycles. The zero-order valence-electron chi connectivity index (χ0n) is 10.0. The normalized spacial score (nSPS) is 17.3. The topological polar surface area (TPSA) is 57.6 Å². The van der Waals surface area contributed by atoms with Gasteiger partial charge >= 0.3 is 12.1 Å². The van der Waals surface area contributed by atoms with Gasteiger partial charge in [-0.05, 0) is 18.8 Å². The zero-order chi connectivity index (χ0) is 13.9. The van der Waals surface area contributed by atoms with Crippen LogP contribution < -0.4 is 0 Å². The third kappa shape index (κ3) is 5.37. The summed E-state index contributed by atoms with van der Waals surface area (Å²) in [6.07, 6.45) is -3.59. The van der Waals surface area contributed by atoms with E-state index in [1.165, 1.54) is 0 Å². The number of carbonyl (C=O) groups excluding carboxylic acids is 1. The second kappa shape index (κ2) is 5.58. The average molecular weight is 267 g/mol. The molecule has 0 radical (unpaired) electrons. The van der Waals surface area contributed by atoms with Gasteiger partial charge in [0.15, 0.2) is 0 Å². The molecule has 1 unspecified atom stereocenters. The van der Waals surface area contributed by atoms with Crippen LogP contribution in [-0.4, -0.2) is 40.6 Å². The summed E-state index contributed by atoms with van der Waals surface area (Å²) >= 11 is 0. The fraction of sp³-hybridized carbons (Fsp3) is 0.818. The lowest BCUT2D eigenvalue weighted by atomic mass is 10.0. The molecule has 1 N–H and O–H groups in total. The fourth-order valence-corrected chi connectivity index (χ4v) is 1.79. The Labute approximate surface area is 103 Å². The molecule has 1 fully saturated rings. The molecule has 104 valence electrons. The molecule has 0 aromatic heterocycles. The van der Waals surface area contributed by atoms with Crippen LogP contribution in [0, 0.1) is 5.92 Å². The molecule has 1 aliphatic carbocycles. The van der Waals surface area contributed by atoms with Crippen LogP contribution in [0.25, 0.3) is 0 Å². The minimum atomic E-state index is -4.41. The number of rotatable bonds is 6. The van der Waals surface area contributed by atoms with Gasteiger partial charge in [0.25, 0.3) is 0 Å². The van der Waals surface area contributed by atoms with Crippen molar-refractivity contribution >= 4 is 11.9 Å². The first-order chi connectivity index (χ1) is 8.19. The number of carboxylic acids is 1. The minimum absolute atomic E-state index is 0.154. The van der Waals surface area contributed by atoms with Crippen LogP contribution in [0.2, 0.25) is 0 Å². The maximum atomic E-state index is 12.3. The van der Waals surface area contributed by atoms with Crippen LogP contribution in [0.15, 0.2) is 0 Å². The molecule has 0 aromatic carbocycles. The number of amides is 1. The predicted octanol–water partition coefficient (Wildman–Crippen LogP) is 2.04. The highest BCUT2D eigenvalue weighted by Crippen LogP contribution is 2.31. The van der Waals surface area contributed by atoms with Crippen molar-refractivity contribution in [2.75, 3.05) is 6.54 Å². The van der Waals surface area contributed by atoms with Crippen LogP contribution >= 0.6 is 0 Å². The second-order valence-corrected chi connectivity index (χ2v) is 4.78. The van der Waals surface area contributed by atoms with E-state index in [9.17, 15) is 22.8 Å². The van der Waals surface area contributed by atoms with Crippen molar-refractivity contribution in [3.63, 3.8) is 0 Å². The van der Waals surface area contributed by atoms with E-state index >= 15 is 0 Å². The molecular weight excluding hydrogens is 251 g/mol. The number of aliphatic carboxylic acids is 1. The number of halogens is 3. The largest absolute Gasteiger partial charge is 0.481 e. The summed E-state index contributed by atoms with van der Waals surface area (Å²) in [4.78, 5) is 23.0. The fourth-order valence-electron chi connectivity index (χ4n) is 1.79. The number of carbonyl (C=O) groups is 2. The van der Waals surface area contributed by atoms with Crippen molar-refractivity contribution in [3.8, 4) is 0 Å². The number of carboxylic acid groups (broad SMARTS) is 1. The van der Waals surface area contributed by atoms with Gasteiger partial charge in [0.1, 0.15) is 6.54 Å². The molecule has 1 rings (SSSR count). The summed E-state index contributed by atoms with van der Waals surface area (Å²) in [5, 5.41) is 8.54. The van der Waals surface area contributed by atoms with Gasteiger partial charge in [-0.2, -0.15) is 13.2 Å². The van der Waals surface area contributed by atoms with E-state index in [0.29, 0.717) is 12.8 Å². The summed E-state index contributed by atoms with van der Waals surface area (Å²) in [6.45, 7) is 0.307. The van der Waals surface area contributed by atoms with Crippen LogP contribution in [0.1, 0.15) is 32.6 Å². The molecule has 0 aromatic rings. The second-order valence-electron chi connectivity index (χ2n) is 4.78. The molecule has 1 saturated carbocycles. The molecule has 1 aliphatic rings. The monoisotopic (exact) mass is 267 g/mol. The lowest BCUT2D eigenvalue weighted by molar-refractivity contribution is -0.163. The molecule has 1 amide bonds. The van der Waals surface area contributed by atoms with E-state index in [1.54, 1.807) is 6.92 Å². The molecule has 0 aliphatic heterocycles. The van der Waals surface area contributed by atoms with Crippen molar-refractivity contribution in [3.05, 3.63) is 0 Å². The van der Waals surface area contributed by atoms with E-state index in [4.69, 9.17) is 5.11 Å². The molecule has 0 spiro atoms. The van der Waals surface area contributed by atoms with Crippen LogP contribution in [0.5, 0.6) is 0 Å². The van der Waals surface area contributed by atoms with E-state index < -0.39 is 30.5 Å². The first kappa shape index (κ1) is 14.8. The van der Waals surface area contributed by atoms with Crippen molar-refractivity contribution in [2.24, 2.45) is 5.92 Å². The zero-order valence-corrected chi connectivity index (χ0v) is 10.0. The van der Waals surface area contributed by atoms with Gasteiger partial charge in [0.2, 0.25) is 5.91 Å². The first-order valence-electron chi connectivity index (χ1n) is 5.77. The molecule has 7 heteroatoms. The van der Waals surface area contributed by atoms with E-state index in [2.05, 4.69) is 0 Å². The Balaban J connectivity index is 2.52. The van der Waals surface area contributed by atoms with Crippen LogP contribution in [0.3, 0.4) is 0 Å². The number of nitrogens with zero attached hydrogens (tertiary/aromatic N) is 1. The van der Waals surface area contributed by atoms with Crippen molar-refractivity contribution in [1.82, 2.24) is 4.90 Å². The van der Waals surface area contributed by atoms with Crippen molar-refractivity contribution < 1.29 is 27.9 Å².